The molecule has 194 valence electrons. The Kier molecular flexibility index (Phi) is 9.78. The Labute approximate surface area is 223 Å². The van der Waals surface area contributed by atoms with E-state index in [1.54, 1.807) is 18.3 Å². The molecule has 7 nitrogen and oxygen atoms in total. The van der Waals surface area contributed by atoms with Gasteiger partial charge < -0.3 is 15.8 Å². The minimum absolute atomic E-state index is 0. The quantitative estimate of drug-likeness (QED) is 0.325. The molecule has 4 heterocycles. The minimum Gasteiger partial charge on any atom is -0.406 e. The molecule has 36 heavy (non-hydrogen) atoms. The SMILES string of the molecule is Cl.Cl.Cl.Nc1ncc(-c2cnn(C3CCNCC3)c2)cc1-c1cc2ccc(OC(F)(F)F)cc2cn1. The van der Waals surface area contributed by atoms with Crippen LogP contribution in [0, 0.1) is 0 Å². The van der Waals surface area contributed by atoms with Gasteiger partial charge in [0.2, 0.25) is 0 Å². The number of anilines is 1. The maximum Gasteiger partial charge on any atom is 0.573 e. The van der Waals surface area contributed by atoms with Crippen molar-refractivity contribution in [3.63, 3.8) is 0 Å². The number of nitrogens with two attached hydrogens (primary N) is 1. The molecule has 0 radical (unpaired) electrons. The predicted molar refractivity (Wildman–Crippen MR) is 140 cm³/mol. The van der Waals surface area contributed by atoms with Crippen molar-refractivity contribution in [2.24, 2.45) is 0 Å². The molecular weight excluding hydrogens is 540 g/mol. The van der Waals surface area contributed by atoms with Crippen LogP contribution in [0.1, 0.15) is 18.9 Å². The molecule has 1 saturated heterocycles. The summed E-state index contributed by atoms with van der Waals surface area (Å²) in [5, 5.41) is 9.12. The van der Waals surface area contributed by atoms with E-state index in [1.807, 2.05) is 23.1 Å². The smallest absolute Gasteiger partial charge is 0.406 e. The maximum absolute atomic E-state index is 12.5. The van der Waals surface area contributed by atoms with Crippen LogP contribution in [0.3, 0.4) is 0 Å². The standard InChI is InChI=1S/C23H21F3N6O.3ClH/c24-23(25,26)33-19-2-1-14-9-21(29-10-15(14)7-19)20-8-16(11-30-22(20)27)17-12-31-32(13-17)18-3-5-28-6-4-18;;;/h1-2,7-13,18,28H,3-6H2,(H2,27,30);3*1H. The van der Waals surface area contributed by atoms with Crippen LogP contribution in [0.5, 0.6) is 5.75 Å². The van der Waals surface area contributed by atoms with Crippen molar-refractivity contribution < 1.29 is 17.9 Å². The molecular formula is C23H24Cl3F3N6O. The second-order valence-corrected chi connectivity index (χ2v) is 7.97. The zero-order valence-electron chi connectivity index (χ0n) is 18.7. The number of nitrogen functional groups attached to an aromatic ring is 1. The highest BCUT2D eigenvalue weighted by Gasteiger charge is 2.31. The molecule has 1 aliphatic rings. The number of aromatic nitrogens is 4. The van der Waals surface area contributed by atoms with Gasteiger partial charge in [0.05, 0.1) is 17.9 Å². The summed E-state index contributed by atoms with van der Waals surface area (Å²) in [5.74, 6) is 0.0202. The van der Waals surface area contributed by atoms with E-state index in [9.17, 15) is 13.2 Å². The Hall–Kier alpha value is -2.79. The highest BCUT2D eigenvalue weighted by Crippen LogP contribution is 2.32. The number of hydrogen-bond acceptors (Lipinski definition) is 6. The van der Waals surface area contributed by atoms with E-state index in [4.69, 9.17) is 5.73 Å². The largest absolute Gasteiger partial charge is 0.573 e. The number of piperidine rings is 1. The Morgan fingerprint density at radius 2 is 1.67 bits per heavy atom. The summed E-state index contributed by atoms with van der Waals surface area (Å²) in [7, 11) is 0. The fraction of sp³-hybridized carbons (Fsp3) is 0.261. The van der Waals surface area contributed by atoms with Crippen LogP contribution in [0.25, 0.3) is 33.2 Å². The van der Waals surface area contributed by atoms with Gasteiger partial charge in [0.1, 0.15) is 11.6 Å². The first kappa shape index (κ1) is 29.4. The maximum atomic E-state index is 12.5. The van der Waals surface area contributed by atoms with Crippen molar-refractivity contribution in [2.75, 3.05) is 18.8 Å². The van der Waals surface area contributed by atoms with Crippen molar-refractivity contribution in [1.29, 1.82) is 0 Å². The predicted octanol–water partition coefficient (Wildman–Crippen LogP) is 5.83. The highest BCUT2D eigenvalue weighted by molar-refractivity contribution is 5.88. The Bertz CT molecular complexity index is 1310. The first-order valence-electron chi connectivity index (χ1n) is 10.5. The van der Waals surface area contributed by atoms with E-state index < -0.39 is 6.36 Å². The average molecular weight is 564 g/mol. The molecule has 5 rings (SSSR count). The lowest BCUT2D eigenvalue weighted by molar-refractivity contribution is -0.274. The van der Waals surface area contributed by atoms with E-state index in [-0.39, 0.29) is 43.0 Å². The molecule has 1 fully saturated rings. The molecule has 0 unspecified atom stereocenters. The van der Waals surface area contributed by atoms with Crippen molar-refractivity contribution in [3.8, 4) is 28.1 Å². The monoisotopic (exact) mass is 562 g/mol. The first-order valence-corrected chi connectivity index (χ1v) is 10.5. The molecule has 0 saturated carbocycles. The van der Waals surface area contributed by atoms with E-state index >= 15 is 0 Å². The molecule has 0 spiro atoms. The lowest BCUT2D eigenvalue weighted by atomic mass is 10.0. The van der Waals surface area contributed by atoms with Crippen LogP contribution < -0.4 is 15.8 Å². The summed E-state index contributed by atoms with van der Waals surface area (Å²) >= 11 is 0. The molecule has 1 aromatic carbocycles. The Balaban J connectivity index is 0.00000152. The summed E-state index contributed by atoms with van der Waals surface area (Å²) in [6.07, 6.45) is 4.34. The third-order valence-electron chi connectivity index (χ3n) is 5.74. The van der Waals surface area contributed by atoms with Gasteiger partial charge in [-0.05, 0) is 55.6 Å². The number of rotatable bonds is 4. The van der Waals surface area contributed by atoms with Gasteiger partial charge in [-0.1, -0.05) is 6.07 Å². The zero-order chi connectivity index (χ0) is 23.0. The lowest BCUT2D eigenvalue weighted by Crippen LogP contribution is -2.29. The fourth-order valence-electron chi connectivity index (χ4n) is 4.06. The molecule has 13 heteroatoms. The number of benzene rings is 1. The Morgan fingerprint density at radius 3 is 2.39 bits per heavy atom. The van der Waals surface area contributed by atoms with Gasteiger partial charge in [0, 0.05) is 40.7 Å². The van der Waals surface area contributed by atoms with E-state index in [2.05, 4.69) is 25.1 Å². The first-order chi connectivity index (χ1) is 15.9. The second-order valence-electron chi connectivity index (χ2n) is 7.97. The number of pyridine rings is 2. The molecule has 0 bridgehead atoms. The van der Waals surface area contributed by atoms with Crippen molar-refractivity contribution in [2.45, 2.75) is 25.2 Å². The minimum atomic E-state index is -4.75. The average Bonchev–Trinajstić information content (AvgIpc) is 3.29. The van der Waals surface area contributed by atoms with E-state index in [0.29, 0.717) is 33.9 Å². The van der Waals surface area contributed by atoms with E-state index in [0.717, 1.165) is 37.1 Å². The molecule has 1 aliphatic heterocycles. The van der Waals surface area contributed by atoms with Crippen LogP contribution in [-0.2, 0) is 0 Å². The number of nitrogens with zero attached hydrogens (tertiary/aromatic N) is 4. The number of hydrogen-bond donors (Lipinski definition) is 2. The number of halogens is 6. The van der Waals surface area contributed by atoms with Crippen molar-refractivity contribution in [3.05, 3.63) is 55.1 Å². The topological polar surface area (TPSA) is 90.9 Å². The van der Waals surface area contributed by atoms with Crippen LogP contribution in [0.15, 0.2) is 55.1 Å². The van der Waals surface area contributed by atoms with Gasteiger partial charge in [0.15, 0.2) is 0 Å². The van der Waals surface area contributed by atoms with Crippen LogP contribution >= 0.6 is 37.2 Å². The normalized spacial score (nSPS) is 13.9. The molecule has 0 atom stereocenters. The van der Waals surface area contributed by atoms with E-state index in [1.165, 1.54) is 18.3 Å². The van der Waals surface area contributed by atoms with Gasteiger partial charge >= 0.3 is 6.36 Å². The molecule has 0 aliphatic carbocycles. The van der Waals surface area contributed by atoms with Gasteiger partial charge in [-0.25, -0.2) is 4.98 Å². The summed E-state index contributed by atoms with van der Waals surface area (Å²) in [6, 6.07) is 8.16. The second kappa shape index (κ2) is 12.0. The number of fused-ring (bicyclic) bond motifs is 1. The van der Waals surface area contributed by atoms with Crippen molar-refractivity contribution in [1.82, 2.24) is 25.1 Å². The third-order valence-corrected chi connectivity index (χ3v) is 5.74. The number of ether oxygens (including phenoxy) is 1. The summed E-state index contributed by atoms with van der Waals surface area (Å²) in [4.78, 5) is 8.74. The summed E-state index contributed by atoms with van der Waals surface area (Å²) in [5.41, 5.74) is 9.13. The lowest BCUT2D eigenvalue weighted by Gasteiger charge is -2.22. The van der Waals surface area contributed by atoms with Gasteiger partial charge in [0.25, 0.3) is 0 Å². The summed E-state index contributed by atoms with van der Waals surface area (Å²) < 4.78 is 43.5. The van der Waals surface area contributed by atoms with Crippen LogP contribution in [0.2, 0.25) is 0 Å². The van der Waals surface area contributed by atoms with Gasteiger partial charge in [-0.15, -0.1) is 50.4 Å². The Morgan fingerprint density at radius 1 is 0.917 bits per heavy atom. The molecule has 3 N–H and O–H groups in total. The summed E-state index contributed by atoms with van der Waals surface area (Å²) in [6.45, 7) is 1.95. The fourth-order valence-corrected chi connectivity index (χ4v) is 4.06. The molecule has 0 amide bonds. The molecule has 3 aromatic heterocycles. The zero-order valence-corrected chi connectivity index (χ0v) is 21.2. The molecule has 4 aromatic rings. The number of nitrogens with one attached hydrogen (secondary N) is 1. The van der Waals surface area contributed by atoms with Gasteiger partial charge in [-0.3, -0.25) is 9.67 Å². The van der Waals surface area contributed by atoms with Crippen LogP contribution in [0.4, 0.5) is 19.0 Å². The van der Waals surface area contributed by atoms with Crippen molar-refractivity contribution >= 4 is 53.8 Å². The number of alkyl halides is 3. The highest BCUT2D eigenvalue weighted by atomic mass is 35.5. The van der Waals surface area contributed by atoms with Crippen LogP contribution in [-0.4, -0.2) is 39.2 Å². The third kappa shape index (κ3) is 6.50. The van der Waals surface area contributed by atoms with Gasteiger partial charge in [-0.2, -0.15) is 5.10 Å².